The van der Waals surface area contributed by atoms with E-state index >= 15 is 0 Å². The Morgan fingerprint density at radius 1 is 1.08 bits per heavy atom. The minimum absolute atomic E-state index is 0.326. The van der Waals surface area contributed by atoms with Crippen LogP contribution in [0.5, 0.6) is 0 Å². The molecule has 0 aliphatic heterocycles. The first-order valence-electron chi connectivity index (χ1n) is 7.03. The zero-order chi connectivity index (χ0) is 16.9. The van der Waals surface area contributed by atoms with Gasteiger partial charge < -0.3 is 5.32 Å². The van der Waals surface area contributed by atoms with E-state index in [4.69, 9.17) is 23.2 Å². The van der Waals surface area contributed by atoms with Crippen LogP contribution in [0.15, 0.2) is 61.1 Å². The van der Waals surface area contributed by atoms with Crippen LogP contribution >= 0.6 is 23.2 Å². The number of benzene rings is 1. The van der Waals surface area contributed by atoms with E-state index in [9.17, 15) is 4.79 Å². The summed E-state index contributed by atoms with van der Waals surface area (Å²) in [6.07, 6.45) is 7.96. The minimum Gasteiger partial charge on any atom is -0.319 e. The lowest BCUT2D eigenvalue weighted by molar-refractivity contribution is -0.111. The van der Waals surface area contributed by atoms with Gasteiger partial charge in [0.05, 0.1) is 5.69 Å². The van der Waals surface area contributed by atoms with Crippen molar-refractivity contribution in [1.29, 1.82) is 0 Å². The Labute approximate surface area is 148 Å². The largest absolute Gasteiger partial charge is 0.319 e. The second kappa shape index (κ2) is 7.29. The van der Waals surface area contributed by atoms with Gasteiger partial charge >= 0.3 is 0 Å². The van der Waals surface area contributed by atoms with E-state index in [-0.39, 0.29) is 5.91 Å². The van der Waals surface area contributed by atoms with Crippen molar-refractivity contribution in [2.45, 2.75) is 0 Å². The molecule has 0 atom stereocenters. The Bertz CT molecular complexity index is 871. The molecule has 0 unspecified atom stereocenters. The number of rotatable bonds is 4. The molecule has 0 spiro atoms. The highest BCUT2D eigenvalue weighted by Gasteiger charge is 2.08. The van der Waals surface area contributed by atoms with Gasteiger partial charge in [-0.3, -0.25) is 4.79 Å². The van der Waals surface area contributed by atoms with E-state index in [0.717, 1.165) is 0 Å². The van der Waals surface area contributed by atoms with Gasteiger partial charge in [-0.25, -0.2) is 9.67 Å². The van der Waals surface area contributed by atoms with E-state index in [1.165, 1.54) is 6.08 Å². The van der Waals surface area contributed by atoms with E-state index < -0.39 is 0 Å². The van der Waals surface area contributed by atoms with Crippen LogP contribution in [0.4, 0.5) is 5.69 Å². The first-order chi connectivity index (χ1) is 11.6. The van der Waals surface area contributed by atoms with Gasteiger partial charge in [-0.2, -0.15) is 5.10 Å². The van der Waals surface area contributed by atoms with Gasteiger partial charge in [-0.15, -0.1) is 0 Å². The molecule has 0 saturated carbocycles. The van der Waals surface area contributed by atoms with E-state index in [2.05, 4.69) is 15.4 Å². The first kappa shape index (κ1) is 16.2. The van der Waals surface area contributed by atoms with Crippen molar-refractivity contribution >= 4 is 40.9 Å². The predicted molar refractivity (Wildman–Crippen MR) is 95.5 cm³/mol. The average molecular weight is 359 g/mol. The fraction of sp³-hybridized carbons (Fsp3) is 0. The van der Waals surface area contributed by atoms with Crippen LogP contribution in [0.25, 0.3) is 11.9 Å². The molecule has 120 valence electrons. The van der Waals surface area contributed by atoms with Gasteiger partial charge in [0.25, 0.3) is 0 Å². The molecular weight excluding hydrogens is 347 g/mol. The van der Waals surface area contributed by atoms with Crippen molar-refractivity contribution in [2.24, 2.45) is 0 Å². The van der Waals surface area contributed by atoms with Crippen molar-refractivity contribution in [2.75, 3.05) is 5.32 Å². The lowest BCUT2D eigenvalue weighted by Gasteiger charge is -2.08. The first-order valence-corrected chi connectivity index (χ1v) is 7.79. The number of carbonyl (C=O) groups is 1. The molecule has 2 heterocycles. The highest BCUT2D eigenvalue weighted by molar-refractivity contribution is 6.37. The minimum atomic E-state index is -0.326. The smallest absolute Gasteiger partial charge is 0.248 e. The molecule has 5 nitrogen and oxygen atoms in total. The number of anilines is 1. The van der Waals surface area contributed by atoms with E-state index in [1.54, 1.807) is 65.7 Å². The van der Waals surface area contributed by atoms with Gasteiger partial charge in [-0.05, 0) is 36.4 Å². The Balaban J connectivity index is 1.80. The third kappa shape index (κ3) is 3.64. The van der Waals surface area contributed by atoms with Crippen molar-refractivity contribution in [3.05, 3.63) is 76.7 Å². The molecule has 1 amide bonds. The van der Waals surface area contributed by atoms with Crippen LogP contribution in [0, 0.1) is 0 Å². The normalized spacial score (nSPS) is 10.9. The topological polar surface area (TPSA) is 59.8 Å². The SMILES string of the molecule is O=C(/C=C/c1c(Cl)cccc1Cl)Nc1cccnc1-n1cccn1. The fourth-order valence-electron chi connectivity index (χ4n) is 2.07. The molecule has 0 fully saturated rings. The van der Waals surface area contributed by atoms with Gasteiger partial charge in [0, 0.05) is 40.3 Å². The molecule has 0 aliphatic carbocycles. The molecule has 1 N–H and O–H groups in total. The lowest BCUT2D eigenvalue weighted by Crippen LogP contribution is -2.12. The quantitative estimate of drug-likeness (QED) is 0.710. The Morgan fingerprint density at radius 3 is 2.58 bits per heavy atom. The van der Waals surface area contributed by atoms with Crippen molar-refractivity contribution < 1.29 is 4.79 Å². The Kier molecular flexibility index (Phi) is 4.93. The molecule has 0 bridgehead atoms. The molecule has 3 rings (SSSR count). The van der Waals surface area contributed by atoms with Gasteiger partial charge in [0.2, 0.25) is 5.91 Å². The van der Waals surface area contributed by atoms with Crippen LogP contribution in [0.1, 0.15) is 5.56 Å². The Hall–Kier alpha value is -2.63. The van der Waals surface area contributed by atoms with Crippen LogP contribution in [-0.2, 0) is 4.79 Å². The molecule has 0 saturated heterocycles. The number of pyridine rings is 1. The average Bonchev–Trinajstić information content (AvgIpc) is 3.09. The summed E-state index contributed by atoms with van der Waals surface area (Å²) in [6, 6.07) is 10.4. The highest BCUT2D eigenvalue weighted by Crippen LogP contribution is 2.25. The maximum absolute atomic E-state index is 12.2. The number of hydrogen-bond donors (Lipinski definition) is 1. The molecule has 24 heavy (non-hydrogen) atoms. The standard InChI is InChI=1S/C17H12Cl2N4O/c18-13-4-1-5-14(19)12(13)7-8-16(24)22-15-6-2-9-20-17(15)23-11-3-10-21-23/h1-11H,(H,22,24)/b8-7+. The zero-order valence-electron chi connectivity index (χ0n) is 12.4. The summed E-state index contributed by atoms with van der Waals surface area (Å²) in [5.41, 5.74) is 1.13. The fourth-order valence-corrected chi connectivity index (χ4v) is 2.60. The maximum Gasteiger partial charge on any atom is 0.248 e. The van der Waals surface area contributed by atoms with Crippen molar-refractivity contribution in [1.82, 2.24) is 14.8 Å². The number of hydrogen-bond acceptors (Lipinski definition) is 3. The number of halogens is 2. The summed E-state index contributed by atoms with van der Waals surface area (Å²) in [7, 11) is 0. The molecule has 3 aromatic rings. The van der Waals surface area contributed by atoms with Gasteiger partial charge in [0.15, 0.2) is 5.82 Å². The van der Waals surface area contributed by atoms with Gasteiger partial charge in [-0.1, -0.05) is 29.3 Å². The third-order valence-electron chi connectivity index (χ3n) is 3.17. The number of amides is 1. The number of nitrogens with one attached hydrogen (secondary N) is 1. The second-order valence-electron chi connectivity index (χ2n) is 4.78. The zero-order valence-corrected chi connectivity index (χ0v) is 13.9. The van der Waals surface area contributed by atoms with E-state index in [0.29, 0.717) is 27.1 Å². The van der Waals surface area contributed by atoms with Crippen LogP contribution in [0.2, 0.25) is 10.0 Å². The molecule has 2 aromatic heterocycles. The number of aromatic nitrogens is 3. The molecule has 0 aliphatic rings. The summed E-state index contributed by atoms with van der Waals surface area (Å²) in [6.45, 7) is 0. The molecule has 0 radical (unpaired) electrons. The van der Waals surface area contributed by atoms with Crippen LogP contribution < -0.4 is 5.32 Å². The molecular formula is C17H12Cl2N4O. The number of carbonyl (C=O) groups excluding carboxylic acids is 1. The Morgan fingerprint density at radius 2 is 1.88 bits per heavy atom. The highest BCUT2D eigenvalue weighted by atomic mass is 35.5. The summed E-state index contributed by atoms with van der Waals surface area (Å²) < 4.78 is 1.57. The van der Waals surface area contributed by atoms with E-state index in [1.807, 2.05) is 0 Å². The summed E-state index contributed by atoms with van der Waals surface area (Å²) in [5, 5.41) is 7.85. The molecule has 1 aromatic carbocycles. The molecule has 7 heteroatoms. The van der Waals surface area contributed by atoms with Gasteiger partial charge in [0.1, 0.15) is 0 Å². The summed E-state index contributed by atoms with van der Waals surface area (Å²) >= 11 is 12.2. The third-order valence-corrected chi connectivity index (χ3v) is 3.83. The van der Waals surface area contributed by atoms with Crippen molar-refractivity contribution in [3.8, 4) is 5.82 Å². The maximum atomic E-state index is 12.2. The second-order valence-corrected chi connectivity index (χ2v) is 5.60. The summed E-state index contributed by atoms with van der Waals surface area (Å²) in [5.74, 6) is 0.201. The van der Waals surface area contributed by atoms with Crippen LogP contribution in [-0.4, -0.2) is 20.7 Å². The predicted octanol–water partition coefficient (Wildman–Crippen LogP) is 4.23. The lowest BCUT2D eigenvalue weighted by atomic mass is 10.2. The van der Waals surface area contributed by atoms with Crippen molar-refractivity contribution in [3.63, 3.8) is 0 Å². The summed E-state index contributed by atoms with van der Waals surface area (Å²) in [4.78, 5) is 16.4. The van der Waals surface area contributed by atoms with Crippen LogP contribution in [0.3, 0.4) is 0 Å². The number of nitrogens with zero attached hydrogens (tertiary/aromatic N) is 3. The monoisotopic (exact) mass is 358 g/mol.